The van der Waals surface area contributed by atoms with E-state index in [9.17, 15) is 4.79 Å². The Kier molecular flexibility index (Phi) is 2.67. The predicted molar refractivity (Wildman–Crippen MR) is 75.9 cm³/mol. The molecule has 1 saturated heterocycles. The fourth-order valence-electron chi connectivity index (χ4n) is 3.10. The van der Waals surface area contributed by atoms with Crippen molar-refractivity contribution in [1.82, 2.24) is 10.3 Å². The Morgan fingerprint density at radius 2 is 2.26 bits per heavy atom. The van der Waals surface area contributed by atoms with Crippen LogP contribution in [-0.4, -0.2) is 23.5 Å². The SMILES string of the molecule is O=C(Nc1nc(Br)ccc1C1CC1)[C@H]1NC[C@H]2C[C@H]21. The number of hydrogen-bond acceptors (Lipinski definition) is 3. The minimum absolute atomic E-state index is 0.0159. The molecule has 0 bridgehead atoms. The molecule has 0 aromatic carbocycles. The van der Waals surface area contributed by atoms with Gasteiger partial charge in [-0.15, -0.1) is 0 Å². The summed E-state index contributed by atoms with van der Waals surface area (Å²) in [5, 5.41) is 6.33. The van der Waals surface area contributed by atoms with Crippen LogP contribution in [0.25, 0.3) is 0 Å². The van der Waals surface area contributed by atoms with Crippen LogP contribution >= 0.6 is 15.9 Å². The van der Waals surface area contributed by atoms with Crippen molar-refractivity contribution in [2.24, 2.45) is 11.8 Å². The summed E-state index contributed by atoms with van der Waals surface area (Å²) in [5.74, 6) is 2.69. The van der Waals surface area contributed by atoms with E-state index in [1.807, 2.05) is 6.07 Å². The zero-order valence-electron chi connectivity index (χ0n) is 10.5. The van der Waals surface area contributed by atoms with Gasteiger partial charge in [-0.05, 0) is 71.1 Å². The lowest BCUT2D eigenvalue weighted by Gasteiger charge is -2.15. The largest absolute Gasteiger partial charge is 0.309 e. The molecule has 4 rings (SSSR count). The van der Waals surface area contributed by atoms with Crippen molar-refractivity contribution in [3.05, 3.63) is 22.3 Å². The first-order chi connectivity index (χ1) is 9.22. The molecular formula is C14H16BrN3O. The molecule has 1 aliphatic heterocycles. The van der Waals surface area contributed by atoms with Gasteiger partial charge in [0.1, 0.15) is 10.4 Å². The first-order valence-electron chi connectivity index (χ1n) is 6.93. The van der Waals surface area contributed by atoms with Gasteiger partial charge in [-0.3, -0.25) is 4.79 Å². The van der Waals surface area contributed by atoms with Crippen molar-refractivity contribution < 1.29 is 4.79 Å². The molecule has 1 amide bonds. The van der Waals surface area contributed by atoms with Crippen molar-refractivity contribution >= 4 is 27.7 Å². The molecule has 2 heterocycles. The third-order valence-corrected chi connectivity index (χ3v) is 4.88. The number of anilines is 1. The van der Waals surface area contributed by atoms with Crippen molar-refractivity contribution in [3.8, 4) is 0 Å². The van der Waals surface area contributed by atoms with Crippen LogP contribution in [-0.2, 0) is 4.79 Å². The Balaban J connectivity index is 1.55. The van der Waals surface area contributed by atoms with Crippen LogP contribution in [0, 0.1) is 11.8 Å². The van der Waals surface area contributed by atoms with E-state index < -0.39 is 0 Å². The lowest BCUT2D eigenvalue weighted by atomic mass is 10.1. The number of nitrogens with zero attached hydrogens (tertiary/aromatic N) is 1. The molecule has 100 valence electrons. The molecule has 3 aliphatic rings. The van der Waals surface area contributed by atoms with Gasteiger partial charge in [0.2, 0.25) is 5.91 Å². The molecule has 0 spiro atoms. The molecular weight excluding hydrogens is 306 g/mol. The van der Waals surface area contributed by atoms with Gasteiger partial charge in [-0.1, -0.05) is 6.07 Å². The maximum Gasteiger partial charge on any atom is 0.242 e. The third-order valence-electron chi connectivity index (χ3n) is 4.44. The molecule has 0 radical (unpaired) electrons. The van der Waals surface area contributed by atoms with Crippen LogP contribution < -0.4 is 10.6 Å². The molecule has 5 heteroatoms. The number of halogens is 1. The highest BCUT2D eigenvalue weighted by Crippen LogP contribution is 2.46. The molecule has 2 N–H and O–H groups in total. The summed E-state index contributed by atoms with van der Waals surface area (Å²) in [4.78, 5) is 16.8. The molecule has 2 saturated carbocycles. The number of aromatic nitrogens is 1. The minimum atomic E-state index is -0.0159. The second kappa shape index (κ2) is 4.28. The molecule has 4 nitrogen and oxygen atoms in total. The van der Waals surface area contributed by atoms with Crippen LogP contribution in [0.3, 0.4) is 0 Å². The number of hydrogen-bond donors (Lipinski definition) is 2. The van der Waals surface area contributed by atoms with Gasteiger partial charge >= 0.3 is 0 Å². The van der Waals surface area contributed by atoms with Crippen molar-refractivity contribution in [1.29, 1.82) is 0 Å². The summed E-state index contributed by atoms with van der Waals surface area (Å²) in [6.07, 6.45) is 3.61. The first kappa shape index (κ1) is 11.9. The molecule has 1 aromatic rings. The van der Waals surface area contributed by atoms with Gasteiger partial charge < -0.3 is 10.6 Å². The van der Waals surface area contributed by atoms with Crippen molar-refractivity contribution in [2.75, 3.05) is 11.9 Å². The topological polar surface area (TPSA) is 54.0 Å². The van der Waals surface area contributed by atoms with Crippen LogP contribution in [0.4, 0.5) is 5.82 Å². The number of carbonyl (C=O) groups is 1. The quantitative estimate of drug-likeness (QED) is 0.840. The second-order valence-corrected chi connectivity index (χ2v) is 6.69. The smallest absolute Gasteiger partial charge is 0.242 e. The average molecular weight is 322 g/mol. The zero-order chi connectivity index (χ0) is 13.0. The molecule has 2 aliphatic carbocycles. The Labute approximate surface area is 120 Å². The maximum atomic E-state index is 12.3. The van der Waals surface area contributed by atoms with E-state index in [2.05, 4.69) is 37.6 Å². The third kappa shape index (κ3) is 2.19. The normalized spacial score (nSPS) is 31.9. The Morgan fingerprint density at radius 1 is 1.42 bits per heavy atom. The van der Waals surface area contributed by atoms with Crippen LogP contribution in [0.15, 0.2) is 16.7 Å². The van der Waals surface area contributed by atoms with Gasteiger partial charge in [0.05, 0.1) is 6.04 Å². The second-order valence-electron chi connectivity index (χ2n) is 5.88. The van der Waals surface area contributed by atoms with E-state index in [-0.39, 0.29) is 11.9 Å². The summed E-state index contributed by atoms with van der Waals surface area (Å²) in [7, 11) is 0. The highest BCUT2D eigenvalue weighted by atomic mass is 79.9. The summed E-state index contributed by atoms with van der Waals surface area (Å²) in [5.41, 5.74) is 1.18. The number of nitrogens with one attached hydrogen (secondary N) is 2. The van der Waals surface area contributed by atoms with E-state index >= 15 is 0 Å². The lowest BCUT2D eigenvalue weighted by Crippen LogP contribution is -2.39. The fourth-order valence-corrected chi connectivity index (χ4v) is 3.40. The van der Waals surface area contributed by atoms with E-state index in [4.69, 9.17) is 0 Å². The average Bonchev–Trinajstić information content (AvgIpc) is 3.29. The summed E-state index contributed by atoms with van der Waals surface area (Å²) in [6.45, 7) is 0.990. The monoisotopic (exact) mass is 321 g/mol. The van der Waals surface area contributed by atoms with E-state index in [0.29, 0.717) is 11.8 Å². The van der Waals surface area contributed by atoms with Gasteiger partial charge in [0, 0.05) is 0 Å². The molecule has 19 heavy (non-hydrogen) atoms. The Morgan fingerprint density at radius 3 is 2.89 bits per heavy atom. The maximum absolute atomic E-state index is 12.3. The predicted octanol–water partition coefficient (Wildman–Crippen LogP) is 2.27. The zero-order valence-corrected chi connectivity index (χ0v) is 12.1. The van der Waals surface area contributed by atoms with Crippen LogP contribution in [0.2, 0.25) is 0 Å². The van der Waals surface area contributed by atoms with Gasteiger partial charge in [-0.25, -0.2) is 4.98 Å². The molecule has 0 unspecified atom stereocenters. The van der Waals surface area contributed by atoms with E-state index in [0.717, 1.165) is 22.9 Å². The number of carbonyl (C=O) groups excluding carboxylic acids is 1. The number of piperidine rings is 1. The Hall–Kier alpha value is -0.940. The number of rotatable bonds is 3. The number of fused-ring (bicyclic) bond motifs is 1. The lowest BCUT2D eigenvalue weighted by molar-refractivity contribution is -0.118. The summed E-state index contributed by atoms with van der Waals surface area (Å²) >= 11 is 3.38. The van der Waals surface area contributed by atoms with Gasteiger partial charge in [-0.2, -0.15) is 0 Å². The minimum Gasteiger partial charge on any atom is -0.309 e. The summed E-state index contributed by atoms with van der Waals surface area (Å²) in [6, 6.07) is 4.01. The first-order valence-corrected chi connectivity index (χ1v) is 7.72. The van der Waals surface area contributed by atoms with Crippen molar-refractivity contribution in [3.63, 3.8) is 0 Å². The molecule has 3 atom stereocenters. The molecule has 3 fully saturated rings. The van der Waals surface area contributed by atoms with E-state index in [1.54, 1.807) is 0 Å². The van der Waals surface area contributed by atoms with Gasteiger partial charge in [0.25, 0.3) is 0 Å². The van der Waals surface area contributed by atoms with Crippen molar-refractivity contribution in [2.45, 2.75) is 31.2 Å². The number of pyridine rings is 1. The van der Waals surface area contributed by atoms with Gasteiger partial charge in [0.15, 0.2) is 0 Å². The highest BCUT2D eigenvalue weighted by molar-refractivity contribution is 9.10. The van der Waals surface area contributed by atoms with E-state index in [1.165, 1.54) is 24.8 Å². The Bertz CT molecular complexity index is 543. The van der Waals surface area contributed by atoms with Crippen LogP contribution in [0.5, 0.6) is 0 Å². The highest BCUT2D eigenvalue weighted by Gasteiger charge is 2.51. The standard InChI is InChI=1S/C14H16BrN3O/c15-11-4-3-9(7-1-2-7)13(17-11)18-14(19)12-10-5-8(10)6-16-12/h3-4,7-8,10,12,16H,1-2,5-6H2,(H,17,18,19)/t8-,10-,12+/m1/s1. The van der Waals surface area contributed by atoms with Crippen LogP contribution in [0.1, 0.15) is 30.7 Å². The number of amides is 1. The fraction of sp³-hybridized carbons (Fsp3) is 0.571. The molecule has 1 aromatic heterocycles. The summed E-state index contributed by atoms with van der Waals surface area (Å²) < 4.78 is 0.774.